The highest BCUT2D eigenvalue weighted by atomic mass is 16.5. The van der Waals surface area contributed by atoms with Crippen LogP contribution in [0.5, 0.6) is 0 Å². The monoisotopic (exact) mass is 214 g/mol. The van der Waals surface area contributed by atoms with Gasteiger partial charge in [0.15, 0.2) is 0 Å². The Balaban J connectivity index is 1.95. The van der Waals surface area contributed by atoms with Gasteiger partial charge in [-0.05, 0) is 41.3 Å². The third-order valence-electron chi connectivity index (χ3n) is 2.82. The molecular formula is C12H26N2O. The van der Waals surface area contributed by atoms with E-state index in [-0.39, 0.29) is 5.60 Å². The molecule has 90 valence electrons. The van der Waals surface area contributed by atoms with Gasteiger partial charge in [0.05, 0.1) is 5.60 Å². The van der Waals surface area contributed by atoms with Crippen LogP contribution in [0.2, 0.25) is 0 Å². The number of hydrogen-bond acceptors (Lipinski definition) is 3. The summed E-state index contributed by atoms with van der Waals surface area (Å²) in [5, 5.41) is 0. The van der Waals surface area contributed by atoms with E-state index in [9.17, 15) is 0 Å². The minimum atomic E-state index is 0.0150. The zero-order valence-corrected chi connectivity index (χ0v) is 10.9. The molecule has 0 aromatic carbocycles. The van der Waals surface area contributed by atoms with E-state index in [4.69, 9.17) is 4.74 Å². The van der Waals surface area contributed by atoms with E-state index < -0.39 is 0 Å². The average molecular weight is 214 g/mol. The fourth-order valence-corrected chi connectivity index (χ4v) is 1.72. The molecule has 0 spiro atoms. The van der Waals surface area contributed by atoms with Crippen molar-refractivity contribution in [3.63, 3.8) is 0 Å². The van der Waals surface area contributed by atoms with Crippen LogP contribution < -0.4 is 0 Å². The molecule has 0 atom stereocenters. The van der Waals surface area contributed by atoms with E-state index in [0.29, 0.717) is 0 Å². The van der Waals surface area contributed by atoms with Gasteiger partial charge in [-0.3, -0.25) is 0 Å². The maximum absolute atomic E-state index is 5.69. The first-order valence-corrected chi connectivity index (χ1v) is 5.91. The standard InChI is InChI=1S/C12H26N2O/c1-12(2,3)15-8-6-7-14-9-11(10-14)13(4)5/h11H,6-10H2,1-5H3. The summed E-state index contributed by atoms with van der Waals surface area (Å²) in [6.07, 6.45) is 1.15. The van der Waals surface area contributed by atoms with Crippen LogP contribution in [0.1, 0.15) is 27.2 Å². The fraction of sp³-hybridized carbons (Fsp3) is 1.00. The smallest absolute Gasteiger partial charge is 0.0598 e. The topological polar surface area (TPSA) is 15.7 Å². The molecule has 1 rings (SSSR count). The Bertz CT molecular complexity index is 181. The van der Waals surface area contributed by atoms with Crippen molar-refractivity contribution in [1.29, 1.82) is 0 Å². The lowest BCUT2D eigenvalue weighted by Crippen LogP contribution is -2.57. The Hall–Kier alpha value is -0.120. The van der Waals surface area contributed by atoms with E-state index in [1.54, 1.807) is 0 Å². The second-order valence-electron chi connectivity index (χ2n) is 5.69. The molecule has 15 heavy (non-hydrogen) atoms. The van der Waals surface area contributed by atoms with Gasteiger partial charge in [0.2, 0.25) is 0 Å². The van der Waals surface area contributed by atoms with Gasteiger partial charge in [-0.25, -0.2) is 0 Å². The molecule has 3 heteroatoms. The van der Waals surface area contributed by atoms with E-state index in [0.717, 1.165) is 19.1 Å². The third-order valence-corrected chi connectivity index (χ3v) is 2.82. The predicted octanol–water partition coefficient (Wildman–Crippen LogP) is 1.44. The van der Waals surface area contributed by atoms with Crippen molar-refractivity contribution in [3.8, 4) is 0 Å². The molecular weight excluding hydrogens is 188 g/mol. The Kier molecular flexibility index (Phi) is 4.56. The molecule has 0 saturated carbocycles. The maximum atomic E-state index is 5.69. The summed E-state index contributed by atoms with van der Waals surface area (Å²) in [6, 6.07) is 0.772. The molecule has 1 heterocycles. The second-order valence-corrected chi connectivity index (χ2v) is 5.69. The van der Waals surface area contributed by atoms with Crippen molar-refractivity contribution in [2.45, 2.75) is 38.8 Å². The molecule has 0 N–H and O–H groups in total. The minimum absolute atomic E-state index is 0.0150. The van der Waals surface area contributed by atoms with Crippen LogP contribution in [0.3, 0.4) is 0 Å². The Labute approximate surface area is 94.4 Å². The molecule has 0 aliphatic carbocycles. The van der Waals surface area contributed by atoms with Gasteiger partial charge in [-0.15, -0.1) is 0 Å². The maximum Gasteiger partial charge on any atom is 0.0598 e. The van der Waals surface area contributed by atoms with Crippen molar-refractivity contribution in [2.24, 2.45) is 0 Å². The van der Waals surface area contributed by atoms with Crippen molar-refractivity contribution < 1.29 is 4.74 Å². The SMILES string of the molecule is CN(C)C1CN(CCCOC(C)(C)C)C1. The van der Waals surface area contributed by atoms with Gasteiger partial charge < -0.3 is 14.5 Å². The lowest BCUT2D eigenvalue weighted by atomic mass is 10.1. The zero-order chi connectivity index (χ0) is 11.5. The number of nitrogens with zero attached hydrogens (tertiary/aromatic N) is 2. The summed E-state index contributed by atoms with van der Waals surface area (Å²) in [5.41, 5.74) is 0.0150. The van der Waals surface area contributed by atoms with Gasteiger partial charge >= 0.3 is 0 Å². The van der Waals surface area contributed by atoms with Gasteiger partial charge in [0, 0.05) is 32.3 Å². The first kappa shape index (κ1) is 12.9. The zero-order valence-electron chi connectivity index (χ0n) is 10.9. The summed E-state index contributed by atoms with van der Waals surface area (Å²) < 4.78 is 5.69. The average Bonchev–Trinajstić information content (AvgIpc) is 1.97. The normalized spacial score (nSPS) is 19.6. The van der Waals surface area contributed by atoms with E-state index in [1.165, 1.54) is 19.6 Å². The van der Waals surface area contributed by atoms with E-state index in [2.05, 4.69) is 44.7 Å². The summed E-state index contributed by atoms with van der Waals surface area (Å²) in [4.78, 5) is 4.80. The minimum Gasteiger partial charge on any atom is -0.376 e. The molecule has 1 fully saturated rings. The molecule has 0 amide bonds. The van der Waals surface area contributed by atoms with Crippen LogP contribution in [-0.4, -0.2) is 61.8 Å². The Morgan fingerprint density at radius 2 is 1.87 bits per heavy atom. The third kappa shape index (κ3) is 4.96. The molecule has 0 radical (unpaired) electrons. The predicted molar refractivity (Wildman–Crippen MR) is 64.2 cm³/mol. The van der Waals surface area contributed by atoms with Gasteiger partial charge in [-0.2, -0.15) is 0 Å². The van der Waals surface area contributed by atoms with Crippen LogP contribution in [0.4, 0.5) is 0 Å². The summed E-state index contributed by atoms with van der Waals surface area (Å²) >= 11 is 0. The number of ether oxygens (including phenoxy) is 1. The molecule has 0 unspecified atom stereocenters. The summed E-state index contributed by atoms with van der Waals surface area (Å²) in [5.74, 6) is 0. The number of hydrogen-bond donors (Lipinski definition) is 0. The molecule has 3 nitrogen and oxygen atoms in total. The molecule has 1 saturated heterocycles. The highest BCUT2D eigenvalue weighted by Gasteiger charge is 2.27. The highest BCUT2D eigenvalue weighted by molar-refractivity contribution is 4.85. The molecule has 0 bridgehead atoms. The lowest BCUT2D eigenvalue weighted by Gasteiger charge is -2.42. The summed E-state index contributed by atoms with van der Waals surface area (Å²) in [7, 11) is 4.31. The highest BCUT2D eigenvalue weighted by Crippen LogP contribution is 2.13. The quantitative estimate of drug-likeness (QED) is 0.644. The Morgan fingerprint density at radius 3 is 2.33 bits per heavy atom. The number of likely N-dealkylation sites (N-methyl/N-ethyl adjacent to an activating group) is 1. The molecule has 0 aromatic heterocycles. The van der Waals surface area contributed by atoms with E-state index in [1.807, 2.05) is 0 Å². The fourth-order valence-electron chi connectivity index (χ4n) is 1.72. The Morgan fingerprint density at radius 1 is 1.27 bits per heavy atom. The van der Waals surface area contributed by atoms with Crippen LogP contribution in [0.15, 0.2) is 0 Å². The number of rotatable bonds is 5. The van der Waals surface area contributed by atoms with Gasteiger partial charge in [0.1, 0.15) is 0 Å². The van der Waals surface area contributed by atoms with Crippen LogP contribution >= 0.6 is 0 Å². The lowest BCUT2D eigenvalue weighted by molar-refractivity contribution is -0.0135. The summed E-state index contributed by atoms with van der Waals surface area (Å²) in [6.45, 7) is 10.8. The van der Waals surface area contributed by atoms with E-state index >= 15 is 0 Å². The molecule has 1 aliphatic heterocycles. The van der Waals surface area contributed by atoms with Crippen LogP contribution in [0.25, 0.3) is 0 Å². The van der Waals surface area contributed by atoms with Gasteiger partial charge in [-0.1, -0.05) is 0 Å². The van der Waals surface area contributed by atoms with Crippen molar-refractivity contribution in [2.75, 3.05) is 40.3 Å². The molecule has 1 aliphatic rings. The van der Waals surface area contributed by atoms with Crippen molar-refractivity contribution in [3.05, 3.63) is 0 Å². The first-order chi connectivity index (χ1) is 6.88. The van der Waals surface area contributed by atoms with Gasteiger partial charge in [0.25, 0.3) is 0 Å². The largest absolute Gasteiger partial charge is 0.376 e. The van der Waals surface area contributed by atoms with Crippen molar-refractivity contribution >= 4 is 0 Å². The van der Waals surface area contributed by atoms with Crippen molar-refractivity contribution in [1.82, 2.24) is 9.80 Å². The first-order valence-electron chi connectivity index (χ1n) is 5.91. The number of likely N-dealkylation sites (tertiary alicyclic amines) is 1. The van der Waals surface area contributed by atoms with Crippen LogP contribution in [0, 0.1) is 0 Å². The second kappa shape index (κ2) is 5.28. The van der Waals surface area contributed by atoms with Crippen LogP contribution in [-0.2, 0) is 4.74 Å². The molecule has 0 aromatic rings.